The molecule has 3 rings (SSSR count). The normalized spacial score (nSPS) is 16.9. The van der Waals surface area contributed by atoms with Gasteiger partial charge >= 0.3 is 6.03 Å². The van der Waals surface area contributed by atoms with Gasteiger partial charge in [-0.05, 0) is 42.0 Å². The maximum Gasteiger partial charge on any atom is 0.315 e. The van der Waals surface area contributed by atoms with E-state index < -0.39 is 0 Å². The molecule has 0 spiro atoms. The van der Waals surface area contributed by atoms with Crippen LogP contribution in [0.15, 0.2) is 48.5 Å². The first kappa shape index (κ1) is 17.3. The lowest BCUT2D eigenvalue weighted by Gasteiger charge is -2.19. The van der Waals surface area contributed by atoms with Crippen molar-refractivity contribution in [3.8, 4) is 5.75 Å². The predicted molar refractivity (Wildman–Crippen MR) is 96.6 cm³/mol. The number of rotatable bonds is 6. The molecule has 0 heterocycles. The van der Waals surface area contributed by atoms with E-state index in [1.807, 2.05) is 36.4 Å². The molecular weight excluding hydrogens is 316 g/mol. The third kappa shape index (κ3) is 4.12. The van der Waals surface area contributed by atoms with Crippen molar-refractivity contribution in [2.45, 2.75) is 31.2 Å². The smallest absolute Gasteiger partial charge is 0.315 e. The van der Waals surface area contributed by atoms with Gasteiger partial charge in [0.2, 0.25) is 0 Å². The second kappa shape index (κ2) is 8.03. The summed E-state index contributed by atoms with van der Waals surface area (Å²) in [6.07, 6.45) is 2.16. The number of benzene rings is 2. The molecule has 0 aliphatic heterocycles. The number of carbonyl (C=O) groups is 1. The highest BCUT2D eigenvalue weighted by Crippen LogP contribution is 2.36. The molecule has 2 aromatic rings. The van der Waals surface area contributed by atoms with Gasteiger partial charge in [-0.3, -0.25) is 0 Å². The van der Waals surface area contributed by atoms with E-state index in [4.69, 9.17) is 0 Å². The van der Waals surface area contributed by atoms with Crippen LogP contribution in [0.3, 0.4) is 0 Å². The number of fused-ring (bicyclic) bond motifs is 1. The van der Waals surface area contributed by atoms with Gasteiger partial charge < -0.3 is 20.8 Å². The number of urea groups is 1. The SMILES string of the molecule is O=C(NCC(CCO)c1ccccc1)NC1CCc2c(O)cccc21. The number of carbonyl (C=O) groups excluding carboxylic acids is 1. The molecule has 2 unspecified atom stereocenters. The van der Waals surface area contributed by atoms with E-state index in [-0.39, 0.29) is 24.6 Å². The van der Waals surface area contributed by atoms with Crippen LogP contribution < -0.4 is 10.6 Å². The van der Waals surface area contributed by atoms with Crippen LogP contribution in [0.4, 0.5) is 4.79 Å². The Labute approximate surface area is 147 Å². The first-order valence-corrected chi connectivity index (χ1v) is 8.70. The van der Waals surface area contributed by atoms with Crippen LogP contribution in [-0.2, 0) is 6.42 Å². The van der Waals surface area contributed by atoms with Gasteiger partial charge in [0.15, 0.2) is 0 Å². The number of phenolic OH excluding ortho intramolecular Hbond substituents is 1. The molecule has 1 aliphatic carbocycles. The molecule has 0 saturated heterocycles. The number of hydrogen-bond donors (Lipinski definition) is 4. The van der Waals surface area contributed by atoms with Crippen molar-refractivity contribution in [2.75, 3.05) is 13.2 Å². The highest BCUT2D eigenvalue weighted by molar-refractivity contribution is 5.74. The lowest BCUT2D eigenvalue weighted by Crippen LogP contribution is -2.39. The number of aliphatic hydroxyl groups is 1. The summed E-state index contributed by atoms with van der Waals surface area (Å²) in [5, 5.41) is 25.1. The van der Waals surface area contributed by atoms with Crippen molar-refractivity contribution in [1.82, 2.24) is 10.6 Å². The zero-order valence-electron chi connectivity index (χ0n) is 14.1. The lowest BCUT2D eigenvalue weighted by atomic mass is 9.96. The summed E-state index contributed by atoms with van der Waals surface area (Å²) < 4.78 is 0. The molecular formula is C20H24N2O3. The van der Waals surface area contributed by atoms with Crippen LogP contribution in [-0.4, -0.2) is 29.4 Å². The first-order chi connectivity index (χ1) is 12.2. The molecule has 132 valence electrons. The summed E-state index contributed by atoms with van der Waals surface area (Å²) in [6.45, 7) is 0.550. The minimum atomic E-state index is -0.222. The van der Waals surface area contributed by atoms with Crippen molar-refractivity contribution >= 4 is 6.03 Å². The highest BCUT2D eigenvalue weighted by atomic mass is 16.3. The van der Waals surface area contributed by atoms with E-state index >= 15 is 0 Å². The summed E-state index contributed by atoms with van der Waals surface area (Å²) >= 11 is 0. The Morgan fingerprint density at radius 2 is 1.96 bits per heavy atom. The maximum atomic E-state index is 12.3. The molecule has 0 fully saturated rings. The van der Waals surface area contributed by atoms with Crippen LogP contribution in [0, 0.1) is 0 Å². The summed E-state index contributed by atoms with van der Waals surface area (Å²) in [5.41, 5.74) is 3.02. The van der Waals surface area contributed by atoms with Crippen molar-refractivity contribution in [2.24, 2.45) is 0 Å². The van der Waals surface area contributed by atoms with Crippen molar-refractivity contribution in [3.63, 3.8) is 0 Å². The van der Waals surface area contributed by atoms with Crippen molar-refractivity contribution in [3.05, 3.63) is 65.2 Å². The monoisotopic (exact) mass is 340 g/mol. The standard InChI is InChI=1S/C20H24N2O3/c23-12-11-15(14-5-2-1-3-6-14)13-21-20(25)22-18-10-9-17-16(18)7-4-8-19(17)24/h1-8,15,18,23-24H,9-13H2,(H2,21,22,25). The van der Waals surface area contributed by atoms with Crippen LogP contribution in [0.25, 0.3) is 0 Å². The van der Waals surface area contributed by atoms with Gasteiger partial charge in [-0.1, -0.05) is 42.5 Å². The Hall–Kier alpha value is -2.53. The fourth-order valence-corrected chi connectivity index (χ4v) is 3.48. The van der Waals surface area contributed by atoms with Gasteiger partial charge in [-0.2, -0.15) is 0 Å². The molecule has 5 heteroatoms. The predicted octanol–water partition coefficient (Wildman–Crippen LogP) is 2.84. The van der Waals surface area contributed by atoms with Crippen LogP contribution in [0.1, 0.15) is 41.5 Å². The Balaban J connectivity index is 1.57. The van der Waals surface area contributed by atoms with Gasteiger partial charge in [-0.25, -0.2) is 4.79 Å². The molecule has 0 bridgehead atoms. The average Bonchev–Trinajstić information content (AvgIpc) is 3.04. The lowest BCUT2D eigenvalue weighted by molar-refractivity contribution is 0.234. The Bertz CT molecular complexity index is 718. The number of aliphatic hydroxyl groups excluding tert-OH is 1. The second-order valence-corrected chi connectivity index (χ2v) is 6.41. The highest BCUT2D eigenvalue weighted by Gasteiger charge is 2.26. The number of hydrogen-bond acceptors (Lipinski definition) is 3. The number of amides is 2. The minimum Gasteiger partial charge on any atom is -0.508 e. The molecule has 0 aromatic heterocycles. The number of aromatic hydroxyl groups is 1. The molecule has 5 nitrogen and oxygen atoms in total. The molecule has 2 aromatic carbocycles. The Morgan fingerprint density at radius 1 is 1.16 bits per heavy atom. The summed E-state index contributed by atoms with van der Waals surface area (Å²) in [7, 11) is 0. The molecule has 2 atom stereocenters. The first-order valence-electron chi connectivity index (χ1n) is 8.70. The molecule has 2 amide bonds. The number of phenols is 1. The van der Waals surface area contributed by atoms with Gasteiger partial charge in [0.25, 0.3) is 0 Å². The largest absolute Gasteiger partial charge is 0.508 e. The quantitative estimate of drug-likeness (QED) is 0.653. The van der Waals surface area contributed by atoms with Crippen LogP contribution >= 0.6 is 0 Å². The third-order valence-corrected chi connectivity index (χ3v) is 4.81. The van der Waals surface area contributed by atoms with E-state index in [2.05, 4.69) is 10.6 Å². The maximum absolute atomic E-state index is 12.3. The second-order valence-electron chi connectivity index (χ2n) is 6.41. The third-order valence-electron chi connectivity index (χ3n) is 4.81. The Kier molecular flexibility index (Phi) is 5.56. The van der Waals surface area contributed by atoms with Crippen LogP contribution in [0.2, 0.25) is 0 Å². The summed E-state index contributed by atoms with van der Waals surface area (Å²) in [4.78, 5) is 12.3. The number of nitrogens with one attached hydrogen (secondary N) is 2. The molecule has 25 heavy (non-hydrogen) atoms. The summed E-state index contributed by atoms with van der Waals surface area (Å²) in [6, 6.07) is 15.0. The fourth-order valence-electron chi connectivity index (χ4n) is 3.48. The van der Waals surface area contributed by atoms with Crippen LogP contribution in [0.5, 0.6) is 5.75 Å². The van der Waals surface area contributed by atoms with Gasteiger partial charge in [0, 0.05) is 19.1 Å². The minimum absolute atomic E-state index is 0.0740. The summed E-state index contributed by atoms with van der Waals surface area (Å²) in [5.74, 6) is 0.381. The zero-order chi connectivity index (χ0) is 17.6. The van der Waals surface area contributed by atoms with Crippen molar-refractivity contribution < 1.29 is 15.0 Å². The van der Waals surface area contributed by atoms with Gasteiger partial charge in [0.1, 0.15) is 5.75 Å². The van der Waals surface area contributed by atoms with E-state index in [0.717, 1.165) is 29.5 Å². The van der Waals surface area contributed by atoms with Crippen molar-refractivity contribution in [1.29, 1.82) is 0 Å². The Morgan fingerprint density at radius 3 is 2.72 bits per heavy atom. The molecule has 0 saturated carbocycles. The fraction of sp³-hybridized carbons (Fsp3) is 0.350. The topological polar surface area (TPSA) is 81.6 Å². The van der Waals surface area contributed by atoms with Gasteiger partial charge in [0.05, 0.1) is 6.04 Å². The molecule has 4 N–H and O–H groups in total. The van der Waals surface area contributed by atoms with Gasteiger partial charge in [-0.15, -0.1) is 0 Å². The van der Waals surface area contributed by atoms with E-state index in [9.17, 15) is 15.0 Å². The molecule has 1 aliphatic rings. The molecule has 0 radical (unpaired) electrons. The zero-order valence-corrected chi connectivity index (χ0v) is 14.1. The average molecular weight is 340 g/mol. The van der Waals surface area contributed by atoms with E-state index in [1.165, 1.54) is 0 Å². The van der Waals surface area contributed by atoms with E-state index in [1.54, 1.807) is 12.1 Å². The van der Waals surface area contributed by atoms with E-state index in [0.29, 0.717) is 18.7 Å².